The summed E-state index contributed by atoms with van der Waals surface area (Å²) in [7, 11) is -1.90. The zero-order chi connectivity index (χ0) is 24.0. The van der Waals surface area contributed by atoms with Gasteiger partial charge in [0.25, 0.3) is 5.91 Å². The van der Waals surface area contributed by atoms with Gasteiger partial charge >= 0.3 is 0 Å². The highest BCUT2D eigenvalue weighted by atomic mass is 35.5. The van der Waals surface area contributed by atoms with Crippen LogP contribution in [0.3, 0.4) is 0 Å². The molecule has 1 N–H and O–H groups in total. The van der Waals surface area contributed by atoms with E-state index in [9.17, 15) is 13.2 Å². The number of sulfonamides is 1. The van der Waals surface area contributed by atoms with Crippen molar-refractivity contribution >= 4 is 38.9 Å². The third-order valence-electron chi connectivity index (χ3n) is 4.81. The fourth-order valence-electron chi connectivity index (χ4n) is 2.93. The van der Waals surface area contributed by atoms with Gasteiger partial charge in [0, 0.05) is 12.1 Å². The molecular weight excluding hydrogens is 464 g/mol. The summed E-state index contributed by atoms with van der Waals surface area (Å²) in [5.74, 6) is 1.14. The number of benzene rings is 3. The minimum absolute atomic E-state index is 0.366. The van der Waals surface area contributed by atoms with E-state index in [2.05, 4.69) is 5.32 Å². The minimum atomic E-state index is -3.37. The Morgan fingerprint density at radius 2 is 1.70 bits per heavy atom. The van der Waals surface area contributed by atoms with Gasteiger partial charge in [0.15, 0.2) is 11.9 Å². The molecule has 0 heterocycles. The fraction of sp³-hybridized carbons (Fsp3) is 0.208. The molecule has 0 aliphatic rings. The van der Waals surface area contributed by atoms with E-state index in [1.54, 1.807) is 42.5 Å². The molecule has 3 rings (SSSR count). The van der Waals surface area contributed by atoms with Gasteiger partial charge in [0.2, 0.25) is 10.0 Å². The lowest BCUT2D eigenvalue weighted by molar-refractivity contribution is -0.122. The number of nitrogens with zero attached hydrogens (tertiary/aromatic N) is 1. The molecule has 0 saturated heterocycles. The van der Waals surface area contributed by atoms with Crippen molar-refractivity contribution in [2.45, 2.75) is 19.4 Å². The Hall–Kier alpha value is -3.23. The number of amides is 1. The normalized spacial score (nSPS) is 12.0. The molecule has 174 valence electrons. The molecule has 0 bridgehead atoms. The van der Waals surface area contributed by atoms with E-state index in [0.29, 0.717) is 40.1 Å². The lowest BCUT2D eigenvalue weighted by Crippen LogP contribution is -2.32. The van der Waals surface area contributed by atoms with Gasteiger partial charge in [-0.25, -0.2) is 8.42 Å². The highest BCUT2D eigenvalue weighted by Gasteiger charge is 2.21. The largest absolute Gasteiger partial charge is 0.481 e. The number of rotatable bonds is 9. The predicted molar refractivity (Wildman–Crippen MR) is 131 cm³/mol. The molecule has 33 heavy (non-hydrogen) atoms. The third-order valence-corrected chi connectivity index (χ3v) is 6.25. The quantitative estimate of drug-likeness (QED) is 0.440. The summed E-state index contributed by atoms with van der Waals surface area (Å²) in [6.07, 6.45) is 0.749. The second-order valence-corrected chi connectivity index (χ2v) is 9.73. The Morgan fingerprint density at radius 1 is 1.03 bits per heavy atom. The van der Waals surface area contributed by atoms with E-state index in [4.69, 9.17) is 21.1 Å². The van der Waals surface area contributed by atoms with Crippen molar-refractivity contribution in [2.24, 2.45) is 0 Å². The molecule has 0 aromatic heterocycles. The maximum Gasteiger partial charge on any atom is 0.265 e. The summed E-state index contributed by atoms with van der Waals surface area (Å²) in [6, 6.07) is 20.6. The molecule has 0 radical (unpaired) electrons. The maximum atomic E-state index is 12.9. The molecule has 3 aromatic carbocycles. The van der Waals surface area contributed by atoms with E-state index >= 15 is 0 Å². The van der Waals surface area contributed by atoms with Gasteiger partial charge in [-0.2, -0.15) is 0 Å². The highest BCUT2D eigenvalue weighted by molar-refractivity contribution is 7.92. The molecule has 7 nitrogen and oxygen atoms in total. The van der Waals surface area contributed by atoms with Crippen molar-refractivity contribution in [1.29, 1.82) is 0 Å². The number of carbonyl (C=O) groups is 1. The van der Waals surface area contributed by atoms with Crippen molar-refractivity contribution in [3.8, 4) is 17.2 Å². The smallest absolute Gasteiger partial charge is 0.265 e. The van der Waals surface area contributed by atoms with Crippen LogP contribution < -0.4 is 19.1 Å². The molecule has 0 aliphatic carbocycles. The maximum absolute atomic E-state index is 12.9. The van der Waals surface area contributed by atoms with Crippen LogP contribution >= 0.6 is 11.6 Å². The van der Waals surface area contributed by atoms with Crippen LogP contribution in [-0.2, 0) is 14.8 Å². The summed E-state index contributed by atoms with van der Waals surface area (Å²) in [5, 5.41) is 3.28. The first kappa shape index (κ1) is 24.4. The Balaban J connectivity index is 1.73. The van der Waals surface area contributed by atoms with Crippen molar-refractivity contribution in [3.05, 3.63) is 77.8 Å². The topological polar surface area (TPSA) is 84.9 Å². The van der Waals surface area contributed by atoms with Crippen LogP contribution in [0.1, 0.15) is 13.3 Å². The van der Waals surface area contributed by atoms with E-state index < -0.39 is 16.1 Å². The van der Waals surface area contributed by atoms with Gasteiger partial charge in [-0.3, -0.25) is 9.10 Å². The fourth-order valence-corrected chi connectivity index (χ4v) is 3.61. The van der Waals surface area contributed by atoms with Crippen LogP contribution in [0.25, 0.3) is 0 Å². The van der Waals surface area contributed by atoms with E-state index in [-0.39, 0.29) is 5.91 Å². The third kappa shape index (κ3) is 6.63. The molecule has 1 amide bonds. The number of halogens is 1. The number of carbonyl (C=O) groups excluding carboxylic acids is 1. The number of hydrogen-bond acceptors (Lipinski definition) is 5. The average Bonchev–Trinajstić information content (AvgIpc) is 2.79. The molecule has 1 atom stereocenters. The van der Waals surface area contributed by atoms with Gasteiger partial charge in [-0.05, 0) is 61.0 Å². The van der Waals surface area contributed by atoms with E-state index in [1.807, 2.05) is 37.3 Å². The first-order valence-electron chi connectivity index (χ1n) is 10.2. The molecule has 0 saturated carbocycles. The van der Waals surface area contributed by atoms with Crippen molar-refractivity contribution in [3.63, 3.8) is 0 Å². The van der Waals surface area contributed by atoms with Gasteiger partial charge in [-0.15, -0.1) is 0 Å². The van der Waals surface area contributed by atoms with Gasteiger partial charge in [0.1, 0.15) is 11.5 Å². The van der Waals surface area contributed by atoms with Crippen LogP contribution in [-0.4, -0.2) is 33.7 Å². The number of hydrogen-bond donors (Lipinski definition) is 1. The van der Waals surface area contributed by atoms with Crippen LogP contribution in [0, 0.1) is 0 Å². The zero-order valence-corrected chi connectivity index (χ0v) is 20.1. The first-order chi connectivity index (χ1) is 15.7. The van der Waals surface area contributed by atoms with Crippen LogP contribution in [0.15, 0.2) is 72.8 Å². The second kappa shape index (κ2) is 10.6. The summed E-state index contributed by atoms with van der Waals surface area (Å²) in [6.45, 7) is 1.83. The lowest BCUT2D eigenvalue weighted by atomic mass is 10.2. The monoisotopic (exact) mass is 488 g/mol. The highest BCUT2D eigenvalue weighted by Crippen LogP contribution is 2.32. The summed E-state index contributed by atoms with van der Waals surface area (Å²) >= 11 is 6.13. The lowest BCUT2D eigenvalue weighted by Gasteiger charge is -2.20. The molecule has 0 unspecified atom stereocenters. The van der Waals surface area contributed by atoms with E-state index in [0.717, 1.165) is 10.6 Å². The van der Waals surface area contributed by atoms with Gasteiger partial charge in [-0.1, -0.05) is 36.7 Å². The molecule has 3 aromatic rings. The SMILES string of the molecule is CC[C@H](Oc1ccc(N(C)S(C)(=O)=O)cc1)C(=O)Nc1cc(Cl)ccc1Oc1ccccc1. The Kier molecular flexibility index (Phi) is 7.84. The number of para-hydroxylation sites is 1. The standard InChI is InChI=1S/C24H25ClN2O5S/c1-4-22(31-20-13-11-18(12-14-20)27(2)33(3,29)30)24(28)26-21-16-17(25)10-15-23(21)32-19-8-6-5-7-9-19/h5-16,22H,4H2,1-3H3,(H,26,28)/t22-/m0/s1. The van der Waals surface area contributed by atoms with Gasteiger partial charge < -0.3 is 14.8 Å². The van der Waals surface area contributed by atoms with Crippen molar-refractivity contribution in [1.82, 2.24) is 0 Å². The van der Waals surface area contributed by atoms with E-state index in [1.165, 1.54) is 7.05 Å². The second-order valence-electron chi connectivity index (χ2n) is 7.28. The first-order valence-corrected chi connectivity index (χ1v) is 12.4. The zero-order valence-electron chi connectivity index (χ0n) is 18.5. The predicted octanol–water partition coefficient (Wildman–Crippen LogP) is 5.32. The molecule has 9 heteroatoms. The molecule has 0 spiro atoms. The minimum Gasteiger partial charge on any atom is -0.481 e. The summed E-state index contributed by atoms with van der Waals surface area (Å²) < 4.78 is 36.3. The van der Waals surface area contributed by atoms with Crippen LogP contribution in [0.4, 0.5) is 11.4 Å². The molecule has 0 aliphatic heterocycles. The number of ether oxygens (including phenoxy) is 2. The average molecular weight is 489 g/mol. The van der Waals surface area contributed by atoms with Crippen LogP contribution in [0.2, 0.25) is 5.02 Å². The summed E-state index contributed by atoms with van der Waals surface area (Å²) in [5.41, 5.74) is 0.910. The Morgan fingerprint density at radius 3 is 2.30 bits per heavy atom. The van der Waals surface area contributed by atoms with Gasteiger partial charge in [0.05, 0.1) is 17.6 Å². The molecule has 0 fully saturated rings. The van der Waals surface area contributed by atoms with Crippen LogP contribution in [0.5, 0.6) is 17.2 Å². The number of anilines is 2. The Bertz CT molecular complexity index is 1200. The van der Waals surface area contributed by atoms with Crippen molar-refractivity contribution in [2.75, 3.05) is 22.9 Å². The molecular formula is C24H25ClN2O5S. The Labute approximate surface area is 198 Å². The number of nitrogens with one attached hydrogen (secondary N) is 1. The summed E-state index contributed by atoms with van der Waals surface area (Å²) in [4.78, 5) is 12.9. The van der Waals surface area contributed by atoms with Crippen molar-refractivity contribution < 1.29 is 22.7 Å².